The van der Waals surface area contributed by atoms with Gasteiger partial charge in [0.2, 0.25) is 0 Å². The zero-order chi connectivity index (χ0) is 14.7. The smallest absolute Gasteiger partial charge is 0.130 e. The van der Waals surface area contributed by atoms with Gasteiger partial charge in [-0.25, -0.2) is 8.78 Å². The van der Waals surface area contributed by atoms with Crippen LogP contribution < -0.4 is 0 Å². The van der Waals surface area contributed by atoms with Gasteiger partial charge in [0.1, 0.15) is 11.6 Å². The molecule has 20 heavy (non-hydrogen) atoms. The van der Waals surface area contributed by atoms with E-state index in [0.29, 0.717) is 11.1 Å². The summed E-state index contributed by atoms with van der Waals surface area (Å²) in [5.74, 6) is -0.848. The Morgan fingerprint density at radius 3 is 2.30 bits per heavy atom. The highest BCUT2D eigenvalue weighted by atomic mass is 79.9. The normalized spacial score (nSPS) is 14.1. The van der Waals surface area contributed by atoms with E-state index in [1.807, 2.05) is 30.3 Å². The van der Waals surface area contributed by atoms with Crippen LogP contribution in [0.1, 0.15) is 40.8 Å². The van der Waals surface area contributed by atoms with E-state index >= 15 is 0 Å². The average molecular weight is 339 g/mol. The van der Waals surface area contributed by atoms with Crippen molar-refractivity contribution in [3.8, 4) is 0 Å². The summed E-state index contributed by atoms with van der Waals surface area (Å²) >= 11 is 3.60. The van der Waals surface area contributed by atoms with Gasteiger partial charge in [-0.3, -0.25) is 0 Å². The summed E-state index contributed by atoms with van der Waals surface area (Å²) in [6.45, 7) is 3.72. The largest absolute Gasteiger partial charge is 0.207 e. The molecule has 3 heteroatoms. The lowest BCUT2D eigenvalue weighted by atomic mass is 9.89. The van der Waals surface area contributed by atoms with Gasteiger partial charge in [-0.15, -0.1) is 0 Å². The Morgan fingerprint density at radius 2 is 1.70 bits per heavy atom. The molecule has 0 aliphatic heterocycles. The van der Waals surface area contributed by atoms with Crippen molar-refractivity contribution in [3.63, 3.8) is 0 Å². The Balaban J connectivity index is 2.39. The van der Waals surface area contributed by atoms with Crippen molar-refractivity contribution in [1.82, 2.24) is 0 Å². The van der Waals surface area contributed by atoms with E-state index in [4.69, 9.17) is 0 Å². The van der Waals surface area contributed by atoms with Crippen LogP contribution in [0.4, 0.5) is 8.78 Å². The molecule has 0 bridgehead atoms. The van der Waals surface area contributed by atoms with Gasteiger partial charge < -0.3 is 0 Å². The second-order valence-electron chi connectivity index (χ2n) is 4.95. The van der Waals surface area contributed by atoms with Crippen molar-refractivity contribution in [2.24, 2.45) is 0 Å². The zero-order valence-electron chi connectivity index (χ0n) is 11.5. The summed E-state index contributed by atoms with van der Waals surface area (Å²) in [7, 11) is 0. The highest BCUT2D eigenvalue weighted by Gasteiger charge is 2.24. The minimum atomic E-state index is -0.501. The lowest BCUT2D eigenvalue weighted by molar-refractivity contribution is 0.552. The molecule has 0 amide bonds. The Morgan fingerprint density at radius 1 is 1.05 bits per heavy atom. The highest BCUT2D eigenvalue weighted by molar-refractivity contribution is 9.09. The summed E-state index contributed by atoms with van der Waals surface area (Å²) in [6, 6.07) is 12.6. The predicted octanol–water partition coefficient (Wildman–Crippen LogP) is 5.90. The molecule has 0 saturated carbocycles. The molecule has 0 radical (unpaired) electrons. The minimum Gasteiger partial charge on any atom is -0.207 e. The van der Waals surface area contributed by atoms with E-state index in [9.17, 15) is 8.78 Å². The van der Waals surface area contributed by atoms with Crippen molar-refractivity contribution in [2.45, 2.75) is 31.0 Å². The first kappa shape index (κ1) is 15.2. The first-order valence-corrected chi connectivity index (χ1v) is 7.60. The first-order chi connectivity index (χ1) is 9.54. The fraction of sp³-hybridized carbons (Fsp3) is 0.294. The fourth-order valence-electron chi connectivity index (χ4n) is 2.42. The molecule has 2 aromatic rings. The SMILES string of the molecule is CCC(c1ccccc1)C(Br)c1cc(C)c(F)cc1F. The average Bonchev–Trinajstić information content (AvgIpc) is 2.44. The van der Waals surface area contributed by atoms with Gasteiger partial charge in [-0.2, -0.15) is 0 Å². The monoisotopic (exact) mass is 338 g/mol. The van der Waals surface area contributed by atoms with Crippen LogP contribution in [0.3, 0.4) is 0 Å². The van der Waals surface area contributed by atoms with Crippen LogP contribution in [0.5, 0.6) is 0 Å². The summed E-state index contributed by atoms with van der Waals surface area (Å²) < 4.78 is 27.4. The second-order valence-corrected chi connectivity index (χ2v) is 5.94. The molecule has 0 nitrogen and oxygen atoms in total. The molecule has 0 fully saturated rings. The van der Waals surface area contributed by atoms with E-state index in [2.05, 4.69) is 22.9 Å². The van der Waals surface area contributed by atoms with Crippen LogP contribution in [0.25, 0.3) is 0 Å². The molecule has 0 aromatic heterocycles. The third-order valence-electron chi connectivity index (χ3n) is 3.60. The maximum Gasteiger partial charge on any atom is 0.130 e. The third-order valence-corrected chi connectivity index (χ3v) is 4.73. The maximum atomic E-state index is 14.0. The van der Waals surface area contributed by atoms with Crippen molar-refractivity contribution in [1.29, 1.82) is 0 Å². The van der Waals surface area contributed by atoms with Crippen molar-refractivity contribution in [2.75, 3.05) is 0 Å². The van der Waals surface area contributed by atoms with E-state index in [1.54, 1.807) is 13.0 Å². The van der Waals surface area contributed by atoms with Crippen molar-refractivity contribution < 1.29 is 8.78 Å². The molecule has 0 heterocycles. The predicted molar refractivity (Wildman–Crippen MR) is 82.2 cm³/mol. The van der Waals surface area contributed by atoms with Crippen LogP contribution in [0, 0.1) is 18.6 Å². The summed E-state index contributed by atoms with van der Waals surface area (Å²) in [5, 5.41) is 0. The summed E-state index contributed by atoms with van der Waals surface area (Å²) in [5.41, 5.74) is 2.13. The Labute approximate surface area is 127 Å². The van der Waals surface area contributed by atoms with Gasteiger partial charge >= 0.3 is 0 Å². The molecular weight excluding hydrogens is 322 g/mol. The number of hydrogen-bond donors (Lipinski definition) is 0. The van der Waals surface area contributed by atoms with E-state index in [1.165, 1.54) is 0 Å². The van der Waals surface area contributed by atoms with E-state index in [-0.39, 0.29) is 10.7 Å². The summed E-state index contributed by atoms with van der Waals surface area (Å²) in [6.07, 6.45) is 0.871. The molecular formula is C17H17BrF2. The number of alkyl halides is 1. The molecule has 0 spiro atoms. The molecule has 2 unspecified atom stereocenters. The first-order valence-electron chi connectivity index (χ1n) is 6.69. The minimum absolute atomic E-state index is 0.149. The Hall–Kier alpha value is -1.22. The number of rotatable bonds is 4. The lowest BCUT2D eigenvalue weighted by Gasteiger charge is -2.23. The Bertz CT molecular complexity index is 581. The molecule has 2 rings (SSSR count). The Kier molecular flexibility index (Phi) is 4.92. The van der Waals surface area contributed by atoms with Gasteiger partial charge in [0.25, 0.3) is 0 Å². The molecule has 0 saturated heterocycles. The number of halogens is 3. The van der Waals surface area contributed by atoms with Crippen molar-refractivity contribution >= 4 is 15.9 Å². The van der Waals surface area contributed by atoms with Gasteiger partial charge in [-0.05, 0) is 30.5 Å². The quantitative estimate of drug-likeness (QED) is 0.608. The standard InChI is InChI=1S/C17H17BrF2/c1-3-13(12-7-5-4-6-8-12)17(18)14-9-11(2)15(19)10-16(14)20/h4-10,13,17H,3H2,1-2H3. The number of hydrogen-bond acceptors (Lipinski definition) is 0. The van der Waals surface area contributed by atoms with Gasteiger partial charge in [0, 0.05) is 22.4 Å². The van der Waals surface area contributed by atoms with Gasteiger partial charge in [0.05, 0.1) is 0 Å². The topological polar surface area (TPSA) is 0 Å². The number of aryl methyl sites for hydroxylation is 1. The van der Waals surface area contributed by atoms with Crippen LogP contribution in [-0.4, -0.2) is 0 Å². The third kappa shape index (κ3) is 3.09. The van der Waals surface area contributed by atoms with E-state index < -0.39 is 11.6 Å². The van der Waals surface area contributed by atoms with Crippen LogP contribution in [0.15, 0.2) is 42.5 Å². The van der Waals surface area contributed by atoms with Crippen LogP contribution in [-0.2, 0) is 0 Å². The number of benzene rings is 2. The molecule has 2 atom stereocenters. The molecule has 106 valence electrons. The maximum absolute atomic E-state index is 14.0. The van der Waals surface area contributed by atoms with Gasteiger partial charge in [-0.1, -0.05) is 53.2 Å². The van der Waals surface area contributed by atoms with Gasteiger partial charge in [0.15, 0.2) is 0 Å². The molecule has 0 aliphatic carbocycles. The van der Waals surface area contributed by atoms with Crippen LogP contribution >= 0.6 is 15.9 Å². The molecule has 0 N–H and O–H groups in total. The zero-order valence-corrected chi connectivity index (χ0v) is 13.1. The molecule has 2 aromatic carbocycles. The van der Waals surface area contributed by atoms with Crippen molar-refractivity contribution in [3.05, 3.63) is 70.8 Å². The fourth-order valence-corrected chi connectivity index (χ4v) is 3.45. The summed E-state index contributed by atoms with van der Waals surface area (Å²) in [4.78, 5) is -0.172. The highest BCUT2D eigenvalue weighted by Crippen LogP contribution is 2.41. The second kappa shape index (κ2) is 6.49. The van der Waals surface area contributed by atoms with Crippen LogP contribution in [0.2, 0.25) is 0 Å². The molecule has 0 aliphatic rings. The lowest BCUT2D eigenvalue weighted by Crippen LogP contribution is -2.08. The van der Waals surface area contributed by atoms with E-state index in [0.717, 1.165) is 18.1 Å².